The number of nitrogens with zero attached hydrogens (tertiary/aromatic N) is 4. The standard InChI is InChI=1S/C19H22F3N5O3S/c1-2-11-31(28,29)26-17-18(25-15-6-4-3-5-14(15)24-17)30-16(19(20,21)22)13-7-9-27(12-23)10-8-13/h3-6,13,16H,2,7-11H2,1H3,(H,24,26). The van der Waals surface area contributed by atoms with E-state index in [1.165, 1.54) is 4.90 Å². The van der Waals surface area contributed by atoms with Gasteiger partial charge in [-0.3, -0.25) is 4.72 Å². The molecule has 0 bridgehead atoms. The number of ether oxygens (including phenoxy) is 1. The molecule has 12 heteroatoms. The topological polar surface area (TPSA) is 108 Å². The van der Waals surface area contributed by atoms with E-state index < -0.39 is 34.1 Å². The summed E-state index contributed by atoms with van der Waals surface area (Å²) in [5.74, 6) is -2.03. The van der Waals surface area contributed by atoms with E-state index >= 15 is 0 Å². The summed E-state index contributed by atoms with van der Waals surface area (Å²) in [7, 11) is -3.84. The van der Waals surface area contributed by atoms with Gasteiger partial charge in [-0.05, 0) is 31.4 Å². The van der Waals surface area contributed by atoms with Gasteiger partial charge < -0.3 is 9.64 Å². The smallest absolute Gasteiger partial charge is 0.425 e. The lowest BCUT2D eigenvalue weighted by Gasteiger charge is -2.34. The number of anilines is 1. The van der Waals surface area contributed by atoms with Crippen LogP contribution in [-0.2, 0) is 10.0 Å². The number of piperidine rings is 1. The van der Waals surface area contributed by atoms with Crippen LogP contribution in [0, 0.1) is 17.4 Å². The van der Waals surface area contributed by atoms with E-state index in [1.54, 1.807) is 31.2 Å². The molecular weight excluding hydrogens is 435 g/mol. The molecule has 1 aromatic heterocycles. The molecule has 1 fully saturated rings. The molecule has 0 radical (unpaired) electrons. The fourth-order valence-corrected chi connectivity index (χ4v) is 4.52. The van der Waals surface area contributed by atoms with Gasteiger partial charge in [0.1, 0.15) is 0 Å². The van der Waals surface area contributed by atoms with E-state index in [2.05, 4.69) is 14.7 Å². The molecule has 1 aliphatic heterocycles. The van der Waals surface area contributed by atoms with E-state index in [0.717, 1.165) is 0 Å². The average Bonchev–Trinajstić information content (AvgIpc) is 2.71. The molecule has 0 aliphatic carbocycles. The zero-order chi connectivity index (χ0) is 22.6. The van der Waals surface area contributed by atoms with Crippen molar-refractivity contribution >= 4 is 26.9 Å². The zero-order valence-electron chi connectivity index (χ0n) is 16.8. The molecule has 31 heavy (non-hydrogen) atoms. The molecule has 168 valence electrons. The van der Waals surface area contributed by atoms with Crippen molar-refractivity contribution in [1.29, 1.82) is 5.26 Å². The minimum atomic E-state index is -4.72. The Labute approximate surface area is 178 Å². The van der Waals surface area contributed by atoms with Crippen LogP contribution in [0.5, 0.6) is 5.88 Å². The third kappa shape index (κ3) is 5.66. The number of hydrogen-bond acceptors (Lipinski definition) is 7. The Kier molecular flexibility index (Phi) is 6.74. The Balaban J connectivity index is 1.98. The maximum Gasteiger partial charge on any atom is 0.425 e. The van der Waals surface area contributed by atoms with Crippen molar-refractivity contribution in [3.8, 4) is 12.1 Å². The molecule has 8 nitrogen and oxygen atoms in total. The number of nitriles is 1. The highest BCUT2D eigenvalue weighted by atomic mass is 32.2. The number of para-hydroxylation sites is 2. The first-order valence-electron chi connectivity index (χ1n) is 9.78. The van der Waals surface area contributed by atoms with Gasteiger partial charge in [-0.15, -0.1) is 0 Å². The lowest BCUT2D eigenvalue weighted by atomic mass is 9.91. The highest BCUT2D eigenvalue weighted by molar-refractivity contribution is 7.92. The second kappa shape index (κ2) is 9.13. The van der Waals surface area contributed by atoms with Crippen molar-refractivity contribution in [2.45, 2.75) is 38.5 Å². The molecule has 1 atom stereocenters. The number of aromatic nitrogens is 2. The zero-order valence-corrected chi connectivity index (χ0v) is 17.6. The molecule has 1 aliphatic rings. The molecule has 3 rings (SSSR count). The molecule has 1 unspecified atom stereocenters. The van der Waals surface area contributed by atoms with Gasteiger partial charge in [0.05, 0.1) is 16.8 Å². The van der Waals surface area contributed by atoms with Gasteiger partial charge in [-0.2, -0.15) is 18.4 Å². The van der Waals surface area contributed by atoms with Gasteiger partial charge in [0.25, 0.3) is 5.88 Å². The van der Waals surface area contributed by atoms with Crippen LogP contribution >= 0.6 is 0 Å². The molecule has 1 aromatic carbocycles. The highest BCUT2D eigenvalue weighted by Gasteiger charge is 2.48. The molecule has 1 N–H and O–H groups in total. The van der Waals surface area contributed by atoms with E-state index in [0.29, 0.717) is 11.9 Å². The third-order valence-corrected chi connectivity index (χ3v) is 6.38. The van der Waals surface area contributed by atoms with E-state index in [9.17, 15) is 21.6 Å². The number of likely N-dealkylation sites (tertiary alicyclic amines) is 1. The fraction of sp³-hybridized carbons (Fsp3) is 0.526. The van der Waals surface area contributed by atoms with Crippen LogP contribution in [0.1, 0.15) is 26.2 Å². The summed E-state index contributed by atoms with van der Waals surface area (Å²) < 4.78 is 73.7. The Morgan fingerprint density at radius 2 is 1.87 bits per heavy atom. The second-order valence-electron chi connectivity index (χ2n) is 7.29. The first-order chi connectivity index (χ1) is 14.6. The number of alkyl halides is 3. The normalized spacial score (nSPS) is 16.7. The summed E-state index contributed by atoms with van der Waals surface area (Å²) in [6, 6.07) is 6.42. The maximum atomic E-state index is 13.9. The van der Waals surface area contributed by atoms with E-state index in [-0.39, 0.29) is 43.0 Å². The van der Waals surface area contributed by atoms with Gasteiger partial charge in [0.15, 0.2) is 12.3 Å². The largest absolute Gasteiger partial charge is 0.462 e. The number of halogens is 3. The van der Waals surface area contributed by atoms with E-state index in [1.807, 2.05) is 6.19 Å². The summed E-state index contributed by atoms with van der Waals surface area (Å²) in [5.41, 5.74) is 0.589. The molecule has 0 spiro atoms. The van der Waals surface area contributed by atoms with Crippen LogP contribution in [0.4, 0.5) is 19.0 Å². The predicted molar refractivity (Wildman–Crippen MR) is 108 cm³/mol. The highest BCUT2D eigenvalue weighted by Crippen LogP contribution is 2.36. The molecule has 0 amide bonds. The van der Waals surface area contributed by atoms with Crippen molar-refractivity contribution in [2.75, 3.05) is 23.6 Å². The van der Waals surface area contributed by atoms with Crippen LogP contribution in [0.15, 0.2) is 24.3 Å². The van der Waals surface area contributed by atoms with Crippen LogP contribution in [0.25, 0.3) is 11.0 Å². The monoisotopic (exact) mass is 457 g/mol. The predicted octanol–water partition coefficient (Wildman–Crippen LogP) is 3.28. The van der Waals surface area contributed by atoms with Crippen molar-refractivity contribution in [3.05, 3.63) is 24.3 Å². The number of rotatable bonds is 7. The minimum absolute atomic E-state index is 0.107. The summed E-state index contributed by atoms with van der Waals surface area (Å²) in [6.07, 6.45) is -4.47. The summed E-state index contributed by atoms with van der Waals surface area (Å²) in [6.45, 7) is 2.04. The molecule has 2 heterocycles. The summed E-state index contributed by atoms with van der Waals surface area (Å²) in [4.78, 5) is 9.67. The molecule has 0 saturated carbocycles. The number of nitrogens with one attached hydrogen (secondary N) is 1. The van der Waals surface area contributed by atoms with Gasteiger partial charge in [-0.25, -0.2) is 18.4 Å². The fourth-order valence-electron chi connectivity index (χ4n) is 3.45. The van der Waals surface area contributed by atoms with Crippen LogP contribution in [-0.4, -0.2) is 54.4 Å². The van der Waals surface area contributed by atoms with Crippen molar-refractivity contribution in [2.24, 2.45) is 5.92 Å². The molecule has 2 aromatic rings. The lowest BCUT2D eigenvalue weighted by molar-refractivity contribution is -0.214. The number of benzene rings is 1. The van der Waals surface area contributed by atoms with E-state index in [4.69, 9.17) is 10.00 Å². The van der Waals surface area contributed by atoms with Gasteiger partial charge in [0.2, 0.25) is 15.8 Å². The number of fused-ring (bicyclic) bond motifs is 1. The summed E-state index contributed by atoms with van der Waals surface area (Å²) in [5, 5.41) is 8.94. The molecule has 1 saturated heterocycles. The summed E-state index contributed by atoms with van der Waals surface area (Å²) >= 11 is 0. The number of sulfonamides is 1. The van der Waals surface area contributed by atoms with Crippen LogP contribution < -0.4 is 9.46 Å². The first kappa shape index (κ1) is 22.9. The van der Waals surface area contributed by atoms with Gasteiger partial charge in [0, 0.05) is 19.0 Å². The van der Waals surface area contributed by atoms with Crippen molar-refractivity contribution < 1.29 is 26.3 Å². The van der Waals surface area contributed by atoms with Crippen LogP contribution in [0.3, 0.4) is 0 Å². The minimum Gasteiger partial charge on any atom is -0.462 e. The lowest BCUT2D eigenvalue weighted by Crippen LogP contribution is -2.45. The third-order valence-electron chi connectivity index (χ3n) is 4.93. The average molecular weight is 457 g/mol. The Morgan fingerprint density at radius 3 is 2.42 bits per heavy atom. The Hall–Kier alpha value is -2.81. The quantitative estimate of drug-likeness (QED) is 0.636. The van der Waals surface area contributed by atoms with Crippen molar-refractivity contribution in [3.63, 3.8) is 0 Å². The first-order valence-corrected chi connectivity index (χ1v) is 11.4. The van der Waals surface area contributed by atoms with Crippen LogP contribution in [0.2, 0.25) is 0 Å². The Bertz CT molecular complexity index is 1060. The molecular formula is C19H22F3N5O3S. The van der Waals surface area contributed by atoms with Gasteiger partial charge >= 0.3 is 6.18 Å². The maximum absolute atomic E-state index is 13.9. The SMILES string of the molecule is CCCS(=O)(=O)Nc1nc2ccccc2nc1OC(C1CCN(C#N)CC1)C(F)(F)F. The Morgan fingerprint density at radius 1 is 1.26 bits per heavy atom. The second-order valence-corrected chi connectivity index (χ2v) is 9.13. The van der Waals surface area contributed by atoms with Crippen molar-refractivity contribution in [1.82, 2.24) is 14.9 Å². The van der Waals surface area contributed by atoms with Gasteiger partial charge in [-0.1, -0.05) is 19.1 Å². The number of hydrogen-bond donors (Lipinski definition) is 1.